The number of nitrogens with one attached hydrogen (secondary N) is 2. The molecular weight excluding hydrogens is 344 g/mol. The summed E-state index contributed by atoms with van der Waals surface area (Å²) in [6.07, 6.45) is 0. The van der Waals surface area contributed by atoms with Crippen molar-refractivity contribution in [2.24, 2.45) is 5.73 Å². The summed E-state index contributed by atoms with van der Waals surface area (Å²) in [5.41, 5.74) is 8.46. The highest BCUT2D eigenvalue weighted by molar-refractivity contribution is 5.95. The Morgan fingerprint density at radius 1 is 1.00 bits per heavy atom. The number of benzene rings is 2. The number of nitrogens with two attached hydrogens (primary N) is 1. The van der Waals surface area contributed by atoms with Crippen LogP contribution in [0.4, 0.5) is 10.5 Å². The molecule has 4 N–H and O–H groups in total. The summed E-state index contributed by atoms with van der Waals surface area (Å²) in [6.45, 7) is 4.68. The zero-order valence-corrected chi connectivity index (χ0v) is 15.1. The van der Waals surface area contributed by atoms with Crippen molar-refractivity contribution in [2.75, 3.05) is 31.6 Å². The lowest BCUT2D eigenvalue weighted by atomic mass is 10.1. The number of carbonyl (C=O) groups is 2. The summed E-state index contributed by atoms with van der Waals surface area (Å²) in [6, 6.07) is 14.1. The normalized spacial score (nSPS) is 14.5. The van der Waals surface area contributed by atoms with Crippen LogP contribution in [0.5, 0.6) is 0 Å². The first-order chi connectivity index (χ1) is 13.1. The molecule has 0 bridgehead atoms. The van der Waals surface area contributed by atoms with Crippen molar-refractivity contribution < 1.29 is 14.3 Å². The summed E-state index contributed by atoms with van der Waals surface area (Å²) >= 11 is 0. The standard InChI is InChI=1S/C20H24N4O3/c21-20(26)23-18-7-5-15(6-8-18)19(25)22-13-16-3-1-2-4-17(16)14-24-9-11-27-12-10-24/h1-8H,9-14H2,(H,22,25)(H3,21,23,26). The first kappa shape index (κ1) is 18.9. The average Bonchev–Trinajstić information content (AvgIpc) is 2.68. The predicted octanol–water partition coefficient (Wildman–Crippen LogP) is 1.94. The van der Waals surface area contributed by atoms with Crippen molar-refractivity contribution in [2.45, 2.75) is 13.1 Å². The van der Waals surface area contributed by atoms with Gasteiger partial charge in [0.1, 0.15) is 0 Å². The number of carbonyl (C=O) groups excluding carboxylic acids is 2. The molecule has 7 heteroatoms. The smallest absolute Gasteiger partial charge is 0.316 e. The van der Waals surface area contributed by atoms with Crippen LogP contribution in [-0.2, 0) is 17.8 Å². The number of ether oxygens (including phenoxy) is 1. The van der Waals surface area contributed by atoms with Gasteiger partial charge in [0.05, 0.1) is 13.2 Å². The monoisotopic (exact) mass is 368 g/mol. The zero-order valence-electron chi connectivity index (χ0n) is 15.1. The number of primary amides is 1. The molecular formula is C20H24N4O3. The molecule has 0 spiro atoms. The largest absolute Gasteiger partial charge is 0.379 e. The molecule has 0 aliphatic carbocycles. The maximum Gasteiger partial charge on any atom is 0.316 e. The Balaban J connectivity index is 1.59. The fraction of sp³-hybridized carbons (Fsp3) is 0.300. The van der Waals surface area contributed by atoms with Gasteiger partial charge in [-0.1, -0.05) is 24.3 Å². The lowest BCUT2D eigenvalue weighted by Gasteiger charge is -2.27. The van der Waals surface area contributed by atoms with E-state index in [1.165, 1.54) is 5.56 Å². The van der Waals surface area contributed by atoms with Gasteiger partial charge in [0.15, 0.2) is 0 Å². The van der Waals surface area contributed by atoms with E-state index in [0.717, 1.165) is 38.4 Å². The fourth-order valence-electron chi connectivity index (χ4n) is 3.01. The molecule has 1 fully saturated rings. The van der Waals surface area contributed by atoms with Crippen molar-refractivity contribution in [1.29, 1.82) is 0 Å². The van der Waals surface area contributed by atoms with E-state index in [1.54, 1.807) is 24.3 Å². The minimum atomic E-state index is -0.635. The van der Waals surface area contributed by atoms with E-state index in [0.29, 0.717) is 17.8 Å². The molecule has 1 aliphatic heterocycles. The SMILES string of the molecule is NC(=O)Nc1ccc(C(=O)NCc2ccccc2CN2CCOCC2)cc1. The van der Waals surface area contributed by atoms with Gasteiger partial charge in [-0.2, -0.15) is 0 Å². The molecule has 3 rings (SSSR count). The summed E-state index contributed by atoms with van der Waals surface area (Å²) in [5, 5.41) is 5.43. The Kier molecular flexibility index (Phi) is 6.40. The summed E-state index contributed by atoms with van der Waals surface area (Å²) < 4.78 is 5.40. The van der Waals surface area contributed by atoms with Crippen LogP contribution in [0.25, 0.3) is 0 Å². The second-order valence-corrected chi connectivity index (χ2v) is 6.41. The third kappa shape index (κ3) is 5.54. The number of hydrogen-bond donors (Lipinski definition) is 3. The third-order valence-corrected chi connectivity index (χ3v) is 4.47. The average molecular weight is 368 g/mol. The molecule has 142 valence electrons. The van der Waals surface area contributed by atoms with Gasteiger partial charge in [-0.3, -0.25) is 9.69 Å². The Bertz CT molecular complexity index is 786. The summed E-state index contributed by atoms with van der Waals surface area (Å²) in [4.78, 5) is 25.6. The van der Waals surface area contributed by atoms with E-state index >= 15 is 0 Å². The van der Waals surface area contributed by atoms with Gasteiger partial charge in [0.2, 0.25) is 0 Å². The molecule has 0 unspecified atom stereocenters. The Hall–Kier alpha value is -2.90. The number of anilines is 1. The minimum absolute atomic E-state index is 0.165. The van der Waals surface area contributed by atoms with Gasteiger partial charge in [-0.15, -0.1) is 0 Å². The van der Waals surface area contributed by atoms with Crippen molar-refractivity contribution in [3.05, 3.63) is 65.2 Å². The highest BCUT2D eigenvalue weighted by Crippen LogP contribution is 2.14. The molecule has 1 saturated heterocycles. The maximum atomic E-state index is 12.4. The number of morpholine rings is 1. The maximum absolute atomic E-state index is 12.4. The number of hydrogen-bond acceptors (Lipinski definition) is 4. The second-order valence-electron chi connectivity index (χ2n) is 6.41. The lowest BCUT2D eigenvalue weighted by molar-refractivity contribution is 0.0340. The van der Waals surface area contributed by atoms with E-state index in [-0.39, 0.29) is 5.91 Å². The lowest BCUT2D eigenvalue weighted by Crippen LogP contribution is -2.36. The Morgan fingerprint density at radius 3 is 2.33 bits per heavy atom. The minimum Gasteiger partial charge on any atom is -0.379 e. The van der Waals surface area contributed by atoms with Crippen molar-refractivity contribution in [3.8, 4) is 0 Å². The molecule has 7 nitrogen and oxygen atoms in total. The number of amides is 3. The van der Waals surface area contributed by atoms with Crippen LogP contribution in [0.15, 0.2) is 48.5 Å². The molecule has 27 heavy (non-hydrogen) atoms. The summed E-state index contributed by atoms with van der Waals surface area (Å²) in [7, 11) is 0. The molecule has 1 aliphatic rings. The zero-order chi connectivity index (χ0) is 19.1. The van der Waals surface area contributed by atoms with Crippen LogP contribution in [0.2, 0.25) is 0 Å². The van der Waals surface area contributed by atoms with Gasteiger partial charge in [-0.25, -0.2) is 4.79 Å². The van der Waals surface area contributed by atoms with E-state index in [2.05, 4.69) is 21.6 Å². The van der Waals surface area contributed by atoms with Crippen molar-refractivity contribution in [1.82, 2.24) is 10.2 Å². The predicted molar refractivity (Wildman–Crippen MR) is 103 cm³/mol. The number of urea groups is 1. The molecule has 1 heterocycles. The number of rotatable bonds is 6. The van der Waals surface area contributed by atoms with E-state index in [1.807, 2.05) is 18.2 Å². The van der Waals surface area contributed by atoms with Gasteiger partial charge < -0.3 is 21.1 Å². The van der Waals surface area contributed by atoms with Crippen LogP contribution in [0, 0.1) is 0 Å². The fourth-order valence-corrected chi connectivity index (χ4v) is 3.01. The van der Waals surface area contributed by atoms with Crippen LogP contribution in [0.3, 0.4) is 0 Å². The van der Waals surface area contributed by atoms with Crippen LogP contribution < -0.4 is 16.4 Å². The third-order valence-electron chi connectivity index (χ3n) is 4.47. The Morgan fingerprint density at radius 2 is 1.67 bits per heavy atom. The Labute approximate surface area is 158 Å². The summed E-state index contributed by atoms with van der Waals surface area (Å²) in [5.74, 6) is -0.165. The molecule has 3 amide bonds. The quantitative estimate of drug-likeness (QED) is 0.726. The molecule has 2 aromatic rings. The van der Waals surface area contributed by atoms with Gasteiger partial charge in [-0.05, 0) is 35.4 Å². The molecule has 0 saturated carbocycles. The number of nitrogens with zero attached hydrogens (tertiary/aromatic N) is 1. The van der Waals surface area contributed by atoms with Gasteiger partial charge >= 0.3 is 6.03 Å². The van der Waals surface area contributed by atoms with E-state index in [9.17, 15) is 9.59 Å². The second kappa shape index (κ2) is 9.16. The first-order valence-corrected chi connectivity index (χ1v) is 8.93. The van der Waals surface area contributed by atoms with Crippen molar-refractivity contribution in [3.63, 3.8) is 0 Å². The van der Waals surface area contributed by atoms with Crippen molar-refractivity contribution >= 4 is 17.6 Å². The highest BCUT2D eigenvalue weighted by Gasteiger charge is 2.13. The van der Waals surface area contributed by atoms with E-state index < -0.39 is 6.03 Å². The molecule has 0 radical (unpaired) electrons. The van der Waals surface area contributed by atoms with Crippen LogP contribution in [0.1, 0.15) is 21.5 Å². The van der Waals surface area contributed by atoms with E-state index in [4.69, 9.17) is 10.5 Å². The van der Waals surface area contributed by atoms with Gasteiger partial charge in [0, 0.05) is 37.4 Å². The van der Waals surface area contributed by atoms with Crippen LogP contribution in [-0.4, -0.2) is 43.1 Å². The molecule has 2 aromatic carbocycles. The van der Waals surface area contributed by atoms with Gasteiger partial charge in [0.25, 0.3) is 5.91 Å². The van der Waals surface area contributed by atoms with Crippen LogP contribution >= 0.6 is 0 Å². The molecule has 0 atom stereocenters. The topological polar surface area (TPSA) is 96.7 Å². The molecule has 0 aromatic heterocycles. The highest BCUT2D eigenvalue weighted by atomic mass is 16.5. The first-order valence-electron chi connectivity index (χ1n) is 8.93.